The second-order valence-corrected chi connectivity index (χ2v) is 8.03. The van der Waals surface area contributed by atoms with Gasteiger partial charge in [0.1, 0.15) is 17.2 Å². The van der Waals surface area contributed by atoms with Crippen LogP contribution in [0.4, 0.5) is 17.5 Å². The van der Waals surface area contributed by atoms with Gasteiger partial charge in [0.15, 0.2) is 0 Å². The molecular formula is C21H25N7O2. The third-order valence-electron chi connectivity index (χ3n) is 6.41. The van der Waals surface area contributed by atoms with E-state index in [0.29, 0.717) is 23.6 Å². The van der Waals surface area contributed by atoms with E-state index >= 15 is 0 Å². The number of hydrogen-bond donors (Lipinski definition) is 5. The highest BCUT2D eigenvalue weighted by Gasteiger charge is 2.51. The first-order chi connectivity index (χ1) is 14.7. The van der Waals surface area contributed by atoms with Crippen LogP contribution in [0, 0.1) is 17.8 Å². The molecule has 1 aromatic carbocycles. The predicted molar refractivity (Wildman–Crippen MR) is 114 cm³/mol. The Kier molecular flexibility index (Phi) is 4.66. The number of amides is 1. The van der Waals surface area contributed by atoms with Gasteiger partial charge in [0.25, 0.3) is 0 Å². The van der Waals surface area contributed by atoms with Gasteiger partial charge in [0, 0.05) is 24.0 Å². The number of aromatic amines is 1. The zero-order valence-corrected chi connectivity index (χ0v) is 16.7. The lowest BCUT2D eigenvalue weighted by atomic mass is 9.84. The van der Waals surface area contributed by atoms with Crippen molar-refractivity contribution in [1.82, 2.24) is 20.4 Å². The minimum atomic E-state index is -0.146. The van der Waals surface area contributed by atoms with Crippen LogP contribution in [0.15, 0.2) is 36.5 Å². The normalized spacial score (nSPS) is 24.7. The molecule has 0 radical (unpaired) electrons. The van der Waals surface area contributed by atoms with Crippen molar-refractivity contribution in [2.45, 2.75) is 25.3 Å². The van der Waals surface area contributed by atoms with Crippen molar-refractivity contribution in [2.75, 3.05) is 17.7 Å². The second kappa shape index (κ2) is 7.49. The first kappa shape index (κ1) is 18.7. The number of carbonyl (C=O) groups is 1. The van der Waals surface area contributed by atoms with Crippen molar-refractivity contribution >= 4 is 34.4 Å². The van der Waals surface area contributed by atoms with Crippen molar-refractivity contribution in [3.8, 4) is 5.75 Å². The molecule has 4 atom stereocenters. The van der Waals surface area contributed by atoms with Crippen LogP contribution in [-0.4, -0.2) is 34.0 Å². The number of ether oxygens (including phenoxy) is 1. The lowest BCUT2D eigenvalue weighted by molar-refractivity contribution is -0.126. The summed E-state index contributed by atoms with van der Waals surface area (Å²) in [6.45, 7) is 0. The molecule has 2 aromatic heterocycles. The van der Waals surface area contributed by atoms with E-state index in [0.717, 1.165) is 41.7 Å². The SMILES string of the molecule is COc1cccc(Nc2nc(NC3C4CCC(C4)C3C(=O)NN)c3cc[nH]c3n2)c1. The maximum atomic E-state index is 12.4. The highest BCUT2D eigenvalue weighted by atomic mass is 16.5. The number of benzene rings is 1. The quantitative estimate of drug-likeness (QED) is 0.241. The monoisotopic (exact) mass is 407 g/mol. The van der Waals surface area contributed by atoms with Gasteiger partial charge in [-0.05, 0) is 49.3 Å². The zero-order valence-electron chi connectivity index (χ0n) is 16.7. The Bertz CT molecular complexity index is 1080. The second-order valence-electron chi connectivity index (χ2n) is 8.03. The van der Waals surface area contributed by atoms with Gasteiger partial charge in [-0.25, -0.2) is 5.84 Å². The van der Waals surface area contributed by atoms with E-state index in [9.17, 15) is 4.79 Å². The van der Waals surface area contributed by atoms with Crippen molar-refractivity contribution in [3.05, 3.63) is 36.5 Å². The molecule has 2 aliphatic rings. The molecule has 9 heteroatoms. The smallest absolute Gasteiger partial charge is 0.239 e. The van der Waals surface area contributed by atoms with Gasteiger partial charge in [-0.1, -0.05) is 6.07 Å². The first-order valence-electron chi connectivity index (χ1n) is 10.2. The minimum Gasteiger partial charge on any atom is -0.497 e. The molecule has 2 bridgehead atoms. The van der Waals surface area contributed by atoms with E-state index in [4.69, 9.17) is 15.6 Å². The summed E-state index contributed by atoms with van der Waals surface area (Å²) in [5.74, 6) is 7.95. The number of anilines is 3. The number of H-pyrrole nitrogens is 1. The third kappa shape index (κ3) is 3.21. The maximum absolute atomic E-state index is 12.4. The molecular weight excluding hydrogens is 382 g/mol. The number of rotatable bonds is 6. The highest BCUT2D eigenvalue weighted by Crippen LogP contribution is 2.49. The molecule has 156 valence electrons. The van der Waals surface area contributed by atoms with Crippen LogP contribution in [-0.2, 0) is 4.79 Å². The molecule has 9 nitrogen and oxygen atoms in total. The van der Waals surface area contributed by atoms with E-state index in [1.165, 1.54) is 0 Å². The number of aromatic nitrogens is 3. The Morgan fingerprint density at radius 3 is 2.93 bits per heavy atom. The van der Waals surface area contributed by atoms with Crippen molar-refractivity contribution in [2.24, 2.45) is 23.6 Å². The Labute approximate surface area is 173 Å². The van der Waals surface area contributed by atoms with Crippen LogP contribution in [0.1, 0.15) is 19.3 Å². The average Bonchev–Trinajstić information content (AvgIpc) is 3.49. The van der Waals surface area contributed by atoms with Crippen molar-refractivity contribution < 1.29 is 9.53 Å². The summed E-state index contributed by atoms with van der Waals surface area (Å²) in [4.78, 5) is 24.9. The van der Waals surface area contributed by atoms with Crippen LogP contribution in [0.5, 0.6) is 5.75 Å². The van der Waals surface area contributed by atoms with E-state index in [2.05, 4.69) is 26.0 Å². The fraction of sp³-hybridized carbons (Fsp3) is 0.381. The molecule has 5 rings (SSSR count). The molecule has 2 heterocycles. The van der Waals surface area contributed by atoms with Crippen LogP contribution >= 0.6 is 0 Å². The summed E-state index contributed by atoms with van der Waals surface area (Å²) in [6.07, 6.45) is 5.08. The van der Waals surface area contributed by atoms with Gasteiger partial charge < -0.3 is 20.4 Å². The van der Waals surface area contributed by atoms with E-state index in [-0.39, 0.29) is 17.9 Å². The standard InChI is InChI=1S/C21H25N7O2/c1-30-14-4-2-3-13(10-14)24-21-26-18-15(7-8-23-18)19(27-21)25-17-12-6-5-11(9-12)16(17)20(29)28-22/h2-4,7-8,10-12,16-17H,5-6,9,22H2,1H3,(H,28,29)(H3,23,24,25,26,27). The number of nitrogens with zero attached hydrogens (tertiary/aromatic N) is 2. The molecule has 4 unspecified atom stereocenters. The fourth-order valence-electron chi connectivity index (χ4n) is 5.07. The van der Waals surface area contributed by atoms with Crippen molar-refractivity contribution in [3.63, 3.8) is 0 Å². The Morgan fingerprint density at radius 2 is 2.10 bits per heavy atom. The van der Waals surface area contributed by atoms with Crippen LogP contribution in [0.3, 0.4) is 0 Å². The largest absolute Gasteiger partial charge is 0.497 e. The number of fused-ring (bicyclic) bond motifs is 3. The lowest BCUT2D eigenvalue weighted by Gasteiger charge is -2.31. The van der Waals surface area contributed by atoms with Gasteiger partial charge in [-0.2, -0.15) is 9.97 Å². The maximum Gasteiger partial charge on any atom is 0.239 e. The van der Waals surface area contributed by atoms with Crippen molar-refractivity contribution in [1.29, 1.82) is 0 Å². The average molecular weight is 407 g/mol. The number of hydrogen-bond acceptors (Lipinski definition) is 7. The minimum absolute atomic E-state index is 0.00460. The summed E-state index contributed by atoms with van der Waals surface area (Å²) in [5, 5.41) is 7.70. The molecule has 30 heavy (non-hydrogen) atoms. The molecule has 1 amide bonds. The predicted octanol–water partition coefficient (Wildman–Crippen LogP) is 2.53. The highest BCUT2D eigenvalue weighted by molar-refractivity contribution is 5.89. The molecule has 2 fully saturated rings. The Morgan fingerprint density at radius 1 is 1.23 bits per heavy atom. The van der Waals surface area contributed by atoms with Crippen LogP contribution in [0.25, 0.3) is 11.0 Å². The summed E-state index contributed by atoms with van der Waals surface area (Å²) in [6, 6.07) is 9.54. The molecule has 2 aliphatic carbocycles. The van der Waals surface area contributed by atoms with Gasteiger partial charge in [0.2, 0.25) is 11.9 Å². The van der Waals surface area contributed by atoms with E-state index in [1.807, 2.05) is 36.5 Å². The van der Waals surface area contributed by atoms with E-state index < -0.39 is 0 Å². The van der Waals surface area contributed by atoms with Crippen LogP contribution in [0.2, 0.25) is 0 Å². The Hall–Kier alpha value is -3.33. The topological polar surface area (TPSA) is 130 Å². The lowest BCUT2D eigenvalue weighted by Crippen LogP contribution is -2.46. The number of methoxy groups -OCH3 is 1. The number of carbonyl (C=O) groups excluding carboxylic acids is 1. The number of nitrogens with one attached hydrogen (secondary N) is 4. The van der Waals surface area contributed by atoms with Gasteiger partial charge >= 0.3 is 0 Å². The zero-order chi connectivity index (χ0) is 20.7. The molecule has 0 spiro atoms. The first-order valence-corrected chi connectivity index (χ1v) is 10.2. The number of nitrogens with two attached hydrogens (primary N) is 1. The van der Waals surface area contributed by atoms with Crippen LogP contribution < -0.4 is 26.6 Å². The summed E-state index contributed by atoms with van der Waals surface area (Å²) < 4.78 is 5.29. The molecule has 3 aromatic rings. The molecule has 0 saturated heterocycles. The van der Waals surface area contributed by atoms with Gasteiger partial charge in [0.05, 0.1) is 18.4 Å². The number of hydrazine groups is 1. The van der Waals surface area contributed by atoms with Gasteiger partial charge in [-0.15, -0.1) is 0 Å². The van der Waals surface area contributed by atoms with E-state index in [1.54, 1.807) is 7.11 Å². The summed E-state index contributed by atoms with van der Waals surface area (Å²) >= 11 is 0. The third-order valence-corrected chi connectivity index (χ3v) is 6.41. The fourth-order valence-corrected chi connectivity index (χ4v) is 5.07. The molecule has 0 aliphatic heterocycles. The molecule has 2 saturated carbocycles. The van der Waals surface area contributed by atoms with Gasteiger partial charge in [-0.3, -0.25) is 10.2 Å². The molecule has 6 N–H and O–H groups in total. The Balaban J connectivity index is 1.46. The summed E-state index contributed by atoms with van der Waals surface area (Å²) in [5.41, 5.74) is 3.90. The summed E-state index contributed by atoms with van der Waals surface area (Å²) in [7, 11) is 1.63.